The Bertz CT molecular complexity index is 148. The summed E-state index contributed by atoms with van der Waals surface area (Å²) < 4.78 is 0. The van der Waals surface area contributed by atoms with E-state index in [1.54, 1.807) is 0 Å². The molecule has 0 saturated carbocycles. The van der Waals surface area contributed by atoms with Crippen LogP contribution in [0, 0.1) is 0 Å². The number of hydrogen-bond donors (Lipinski definition) is 2. The summed E-state index contributed by atoms with van der Waals surface area (Å²) in [6.07, 6.45) is 8.44. The summed E-state index contributed by atoms with van der Waals surface area (Å²) in [6.45, 7) is 2.35. The first kappa shape index (κ1) is 7.32. The van der Waals surface area contributed by atoms with Crippen LogP contribution in [-0.2, 0) is 0 Å². The van der Waals surface area contributed by atoms with Crippen LogP contribution in [0.4, 0.5) is 0 Å². The Balaban J connectivity index is 1.75. The zero-order chi connectivity index (χ0) is 7.52. The minimum Gasteiger partial charge on any atom is -0.315 e. The second kappa shape index (κ2) is 3.37. The summed E-state index contributed by atoms with van der Waals surface area (Å²) in [5, 5.41) is 6.99. The van der Waals surface area contributed by atoms with Crippen molar-refractivity contribution >= 4 is 0 Å². The van der Waals surface area contributed by atoms with E-state index in [-0.39, 0.29) is 0 Å². The Kier molecular flexibility index (Phi) is 2.24. The molecule has 1 saturated heterocycles. The smallest absolute Gasteiger partial charge is 0.0256 e. The van der Waals surface area contributed by atoms with Gasteiger partial charge in [0.2, 0.25) is 0 Å². The fraction of sp³-hybridized carbons (Fsp3) is 0.778. The van der Waals surface area contributed by atoms with Crippen LogP contribution < -0.4 is 10.6 Å². The van der Waals surface area contributed by atoms with Crippen molar-refractivity contribution in [2.45, 2.75) is 31.3 Å². The van der Waals surface area contributed by atoms with Gasteiger partial charge in [-0.3, -0.25) is 0 Å². The summed E-state index contributed by atoms with van der Waals surface area (Å²) in [5.41, 5.74) is 0. The van der Waals surface area contributed by atoms with E-state index in [1.165, 1.54) is 25.8 Å². The monoisotopic (exact) mass is 152 g/mol. The molecule has 2 aliphatic rings. The Morgan fingerprint density at radius 1 is 1.36 bits per heavy atom. The van der Waals surface area contributed by atoms with E-state index < -0.39 is 0 Å². The summed E-state index contributed by atoms with van der Waals surface area (Å²) in [4.78, 5) is 0. The molecule has 0 aromatic carbocycles. The molecule has 2 atom stereocenters. The number of rotatable bonds is 2. The van der Waals surface area contributed by atoms with Gasteiger partial charge in [0.05, 0.1) is 0 Å². The quantitative estimate of drug-likeness (QED) is 0.568. The summed E-state index contributed by atoms with van der Waals surface area (Å²) in [5.74, 6) is 0. The van der Waals surface area contributed by atoms with Crippen LogP contribution >= 0.6 is 0 Å². The molecule has 2 unspecified atom stereocenters. The molecule has 2 rings (SSSR count). The van der Waals surface area contributed by atoms with Crippen molar-refractivity contribution in [3.8, 4) is 0 Å². The van der Waals surface area contributed by atoms with Gasteiger partial charge in [-0.1, -0.05) is 12.2 Å². The lowest BCUT2D eigenvalue weighted by Crippen LogP contribution is -2.37. The molecule has 0 aromatic rings. The average Bonchev–Trinajstić information content (AvgIpc) is 2.60. The van der Waals surface area contributed by atoms with Crippen molar-refractivity contribution < 1.29 is 0 Å². The highest BCUT2D eigenvalue weighted by Crippen LogP contribution is 2.11. The van der Waals surface area contributed by atoms with Gasteiger partial charge in [-0.05, 0) is 25.8 Å². The Labute approximate surface area is 68.1 Å². The van der Waals surface area contributed by atoms with Crippen molar-refractivity contribution in [2.75, 3.05) is 13.1 Å². The van der Waals surface area contributed by atoms with Gasteiger partial charge >= 0.3 is 0 Å². The third-order valence-electron chi connectivity index (χ3n) is 2.52. The molecule has 1 aliphatic heterocycles. The molecule has 1 heterocycles. The number of hydrogen-bond acceptors (Lipinski definition) is 2. The zero-order valence-corrected chi connectivity index (χ0v) is 6.84. The van der Waals surface area contributed by atoms with E-state index in [4.69, 9.17) is 0 Å². The third kappa shape index (κ3) is 1.82. The van der Waals surface area contributed by atoms with Gasteiger partial charge in [-0.2, -0.15) is 0 Å². The van der Waals surface area contributed by atoms with Crippen LogP contribution in [0.25, 0.3) is 0 Å². The van der Waals surface area contributed by atoms with Crippen LogP contribution in [-0.4, -0.2) is 25.2 Å². The first-order valence-electron chi connectivity index (χ1n) is 4.58. The highest BCUT2D eigenvalue weighted by atomic mass is 15.0. The molecular weight excluding hydrogens is 136 g/mol. The van der Waals surface area contributed by atoms with Crippen LogP contribution in [0.3, 0.4) is 0 Å². The molecule has 1 fully saturated rings. The van der Waals surface area contributed by atoms with E-state index >= 15 is 0 Å². The lowest BCUT2D eigenvalue weighted by Gasteiger charge is -2.15. The second-order valence-corrected chi connectivity index (χ2v) is 3.47. The molecule has 0 spiro atoms. The Hall–Kier alpha value is -0.340. The Morgan fingerprint density at radius 2 is 2.36 bits per heavy atom. The van der Waals surface area contributed by atoms with Crippen molar-refractivity contribution in [1.29, 1.82) is 0 Å². The molecule has 11 heavy (non-hydrogen) atoms. The van der Waals surface area contributed by atoms with Gasteiger partial charge in [0.1, 0.15) is 0 Å². The fourth-order valence-corrected chi connectivity index (χ4v) is 1.87. The predicted molar refractivity (Wildman–Crippen MR) is 46.6 cm³/mol. The SMILES string of the molecule is C1=CC(NC2CCNC2)CC1. The fourth-order valence-electron chi connectivity index (χ4n) is 1.87. The molecule has 0 bridgehead atoms. The van der Waals surface area contributed by atoms with Crippen LogP contribution in [0.2, 0.25) is 0 Å². The first-order chi connectivity index (χ1) is 5.45. The molecule has 2 nitrogen and oxygen atoms in total. The van der Waals surface area contributed by atoms with Crippen LogP contribution in [0.1, 0.15) is 19.3 Å². The maximum atomic E-state index is 3.63. The minimum absolute atomic E-state index is 0.667. The van der Waals surface area contributed by atoms with E-state index in [9.17, 15) is 0 Å². The van der Waals surface area contributed by atoms with Gasteiger partial charge in [-0.25, -0.2) is 0 Å². The van der Waals surface area contributed by atoms with E-state index in [0.717, 1.165) is 12.6 Å². The highest BCUT2D eigenvalue weighted by molar-refractivity contribution is 5.02. The standard InChI is InChI=1S/C9H16N2/c1-2-4-8(3-1)11-9-5-6-10-7-9/h1,3,8-11H,2,4-7H2. The van der Waals surface area contributed by atoms with Gasteiger partial charge in [0.15, 0.2) is 0 Å². The average molecular weight is 152 g/mol. The largest absolute Gasteiger partial charge is 0.315 e. The van der Waals surface area contributed by atoms with E-state index in [2.05, 4.69) is 22.8 Å². The second-order valence-electron chi connectivity index (χ2n) is 3.47. The predicted octanol–water partition coefficient (Wildman–Crippen LogP) is 0.656. The maximum absolute atomic E-state index is 3.63. The summed E-state index contributed by atoms with van der Waals surface area (Å²) >= 11 is 0. The van der Waals surface area contributed by atoms with Crippen molar-refractivity contribution in [2.24, 2.45) is 0 Å². The van der Waals surface area contributed by atoms with Crippen molar-refractivity contribution in [3.63, 3.8) is 0 Å². The lowest BCUT2D eigenvalue weighted by atomic mass is 10.2. The zero-order valence-electron chi connectivity index (χ0n) is 6.84. The number of nitrogens with one attached hydrogen (secondary N) is 2. The molecule has 2 heteroatoms. The number of allylic oxidation sites excluding steroid dienone is 1. The normalized spacial score (nSPS) is 36.7. The van der Waals surface area contributed by atoms with E-state index in [0.29, 0.717) is 6.04 Å². The van der Waals surface area contributed by atoms with E-state index in [1.807, 2.05) is 0 Å². The van der Waals surface area contributed by atoms with Crippen molar-refractivity contribution in [3.05, 3.63) is 12.2 Å². The van der Waals surface area contributed by atoms with Gasteiger partial charge < -0.3 is 10.6 Å². The van der Waals surface area contributed by atoms with Gasteiger partial charge in [0, 0.05) is 18.6 Å². The lowest BCUT2D eigenvalue weighted by molar-refractivity contribution is 0.489. The highest BCUT2D eigenvalue weighted by Gasteiger charge is 2.18. The molecule has 0 amide bonds. The molecule has 1 aliphatic carbocycles. The van der Waals surface area contributed by atoms with Crippen LogP contribution in [0.15, 0.2) is 12.2 Å². The molecule has 62 valence electrons. The third-order valence-corrected chi connectivity index (χ3v) is 2.52. The van der Waals surface area contributed by atoms with Crippen molar-refractivity contribution in [1.82, 2.24) is 10.6 Å². The molecular formula is C9H16N2. The first-order valence-corrected chi connectivity index (χ1v) is 4.58. The van der Waals surface area contributed by atoms with Gasteiger partial charge in [0.25, 0.3) is 0 Å². The Morgan fingerprint density at radius 3 is 3.00 bits per heavy atom. The molecule has 0 radical (unpaired) electrons. The molecule has 0 aromatic heterocycles. The van der Waals surface area contributed by atoms with Crippen LogP contribution in [0.5, 0.6) is 0 Å². The topological polar surface area (TPSA) is 24.1 Å². The summed E-state index contributed by atoms with van der Waals surface area (Å²) in [6, 6.07) is 1.39. The van der Waals surface area contributed by atoms with Gasteiger partial charge in [-0.15, -0.1) is 0 Å². The maximum Gasteiger partial charge on any atom is 0.0256 e. The summed E-state index contributed by atoms with van der Waals surface area (Å²) in [7, 11) is 0. The minimum atomic E-state index is 0.667. The molecule has 2 N–H and O–H groups in total.